The Morgan fingerprint density at radius 1 is 1.43 bits per heavy atom. The van der Waals surface area contributed by atoms with Gasteiger partial charge in [-0.05, 0) is 43.7 Å². The predicted molar refractivity (Wildman–Crippen MR) is 83.5 cm³/mol. The van der Waals surface area contributed by atoms with Gasteiger partial charge in [-0.1, -0.05) is 18.5 Å². The van der Waals surface area contributed by atoms with E-state index >= 15 is 0 Å². The van der Waals surface area contributed by atoms with Crippen LogP contribution in [0.3, 0.4) is 0 Å². The van der Waals surface area contributed by atoms with Crippen molar-refractivity contribution in [1.29, 1.82) is 0 Å². The van der Waals surface area contributed by atoms with Crippen LogP contribution in [0.25, 0.3) is 0 Å². The fourth-order valence-electron chi connectivity index (χ4n) is 2.76. The monoisotopic (exact) mass is 307 g/mol. The van der Waals surface area contributed by atoms with Crippen LogP contribution in [0.1, 0.15) is 49.7 Å². The Morgan fingerprint density at radius 3 is 2.81 bits per heavy atom. The van der Waals surface area contributed by atoms with E-state index in [1.807, 2.05) is 23.1 Å². The molecule has 1 aliphatic carbocycles. The Balaban J connectivity index is 1.81. The molecule has 1 atom stereocenters. The van der Waals surface area contributed by atoms with Crippen molar-refractivity contribution in [3.05, 3.63) is 40.4 Å². The van der Waals surface area contributed by atoms with Crippen molar-refractivity contribution >= 4 is 11.6 Å². The molecular weight excluding hydrogens is 286 g/mol. The summed E-state index contributed by atoms with van der Waals surface area (Å²) in [6.45, 7) is 5.65. The van der Waals surface area contributed by atoms with Crippen molar-refractivity contribution < 1.29 is 5.11 Å². The van der Waals surface area contributed by atoms with E-state index in [0.717, 1.165) is 47.8 Å². The SMILES string of the molecule is CCc1nn(CC)c(Cn2ccc(C(O)C3CC3)c2)c1Cl. The molecule has 21 heavy (non-hydrogen) atoms. The molecule has 114 valence electrons. The molecular formula is C16H22ClN3O. The van der Waals surface area contributed by atoms with Crippen LogP contribution in [0, 0.1) is 5.92 Å². The van der Waals surface area contributed by atoms with Crippen LogP contribution in [0.2, 0.25) is 5.02 Å². The molecule has 0 spiro atoms. The Morgan fingerprint density at radius 2 is 2.19 bits per heavy atom. The van der Waals surface area contributed by atoms with Crippen molar-refractivity contribution in [3.63, 3.8) is 0 Å². The third-order valence-corrected chi connectivity index (χ3v) is 4.65. The van der Waals surface area contributed by atoms with Crippen molar-refractivity contribution in [3.8, 4) is 0 Å². The van der Waals surface area contributed by atoms with Crippen LogP contribution in [0.5, 0.6) is 0 Å². The van der Waals surface area contributed by atoms with Gasteiger partial charge in [0.25, 0.3) is 0 Å². The number of rotatable bonds is 6. The molecule has 0 radical (unpaired) electrons. The first-order valence-corrected chi connectivity index (χ1v) is 8.09. The van der Waals surface area contributed by atoms with Crippen LogP contribution in [-0.2, 0) is 19.5 Å². The summed E-state index contributed by atoms with van der Waals surface area (Å²) in [5, 5.41) is 15.5. The smallest absolute Gasteiger partial charge is 0.0868 e. The summed E-state index contributed by atoms with van der Waals surface area (Å²) in [6.07, 6.45) is 6.84. The summed E-state index contributed by atoms with van der Waals surface area (Å²) in [5.41, 5.74) is 3.00. The van der Waals surface area contributed by atoms with Gasteiger partial charge in [0, 0.05) is 18.9 Å². The van der Waals surface area contributed by atoms with Gasteiger partial charge < -0.3 is 9.67 Å². The number of aliphatic hydroxyl groups excluding tert-OH is 1. The van der Waals surface area contributed by atoms with Crippen molar-refractivity contribution in [2.24, 2.45) is 5.92 Å². The summed E-state index contributed by atoms with van der Waals surface area (Å²) in [7, 11) is 0. The average Bonchev–Trinajstić information content (AvgIpc) is 3.17. The zero-order valence-electron chi connectivity index (χ0n) is 12.6. The van der Waals surface area contributed by atoms with Gasteiger partial charge >= 0.3 is 0 Å². The highest BCUT2D eigenvalue weighted by Gasteiger charge is 2.31. The maximum absolute atomic E-state index is 10.2. The molecule has 1 aliphatic rings. The third-order valence-electron chi connectivity index (χ3n) is 4.21. The average molecular weight is 308 g/mol. The summed E-state index contributed by atoms with van der Waals surface area (Å²) in [6, 6.07) is 2.00. The van der Waals surface area contributed by atoms with Gasteiger partial charge in [-0.2, -0.15) is 5.10 Å². The molecule has 2 heterocycles. The van der Waals surface area contributed by atoms with Crippen LogP contribution in [-0.4, -0.2) is 19.5 Å². The van der Waals surface area contributed by atoms with Gasteiger partial charge in [0.15, 0.2) is 0 Å². The zero-order chi connectivity index (χ0) is 15.0. The minimum absolute atomic E-state index is 0.316. The molecule has 5 heteroatoms. The Labute approximate surface area is 130 Å². The van der Waals surface area contributed by atoms with E-state index in [9.17, 15) is 5.11 Å². The molecule has 0 bridgehead atoms. The number of aryl methyl sites for hydroxylation is 2. The number of aliphatic hydroxyl groups is 1. The second-order valence-corrected chi connectivity index (χ2v) is 6.15. The molecule has 0 saturated heterocycles. The standard InChI is InChI=1S/C16H22ClN3O/c1-3-13-15(17)14(20(4-2)18-13)10-19-8-7-12(9-19)16(21)11-5-6-11/h7-9,11,16,21H,3-6,10H2,1-2H3. The summed E-state index contributed by atoms with van der Waals surface area (Å²) < 4.78 is 4.05. The molecule has 1 fully saturated rings. The highest BCUT2D eigenvalue weighted by Crippen LogP contribution is 2.40. The van der Waals surface area contributed by atoms with Crippen molar-refractivity contribution in [2.75, 3.05) is 0 Å². The fraction of sp³-hybridized carbons (Fsp3) is 0.562. The molecule has 1 N–H and O–H groups in total. The molecule has 4 nitrogen and oxygen atoms in total. The summed E-state index contributed by atoms with van der Waals surface area (Å²) >= 11 is 6.44. The number of aromatic nitrogens is 3. The molecule has 1 saturated carbocycles. The lowest BCUT2D eigenvalue weighted by Crippen LogP contribution is -2.07. The summed E-state index contributed by atoms with van der Waals surface area (Å²) in [5.74, 6) is 0.456. The van der Waals surface area contributed by atoms with Gasteiger partial charge in [0.1, 0.15) is 0 Å². The predicted octanol–water partition coefficient (Wildman–Crippen LogP) is 3.41. The van der Waals surface area contributed by atoms with E-state index < -0.39 is 0 Å². The van der Waals surface area contributed by atoms with Gasteiger partial charge in [0.2, 0.25) is 0 Å². The molecule has 1 unspecified atom stereocenters. The second kappa shape index (κ2) is 5.85. The largest absolute Gasteiger partial charge is 0.388 e. The maximum Gasteiger partial charge on any atom is 0.0868 e. The second-order valence-electron chi connectivity index (χ2n) is 5.78. The van der Waals surface area contributed by atoms with E-state index in [0.29, 0.717) is 12.5 Å². The first-order chi connectivity index (χ1) is 10.1. The van der Waals surface area contributed by atoms with Crippen molar-refractivity contribution in [1.82, 2.24) is 14.3 Å². The number of hydrogen-bond acceptors (Lipinski definition) is 2. The van der Waals surface area contributed by atoms with Crippen LogP contribution in [0.4, 0.5) is 0 Å². The van der Waals surface area contributed by atoms with Crippen molar-refractivity contribution in [2.45, 2.75) is 52.3 Å². The Kier molecular flexibility index (Phi) is 4.09. The minimum atomic E-state index is -0.316. The third kappa shape index (κ3) is 2.87. The van der Waals surface area contributed by atoms with Gasteiger partial charge in [0.05, 0.1) is 29.1 Å². The molecule has 0 aromatic carbocycles. The van der Waals surface area contributed by atoms with E-state index in [2.05, 4.69) is 23.5 Å². The first kappa shape index (κ1) is 14.7. The van der Waals surface area contributed by atoms with Crippen LogP contribution >= 0.6 is 11.6 Å². The molecule has 2 aromatic heterocycles. The summed E-state index contributed by atoms with van der Waals surface area (Å²) in [4.78, 5) is 0. The lowest BCUT2D eigenvalue weighted by Gasteiger charge is -2.08. The van der Waals surface area contributed by atoms with Crippen LogP contribution < -0.4 is 0 Å². The van der Waals surface area contributed by atoms with E-state index in [-0.39, 0.29) is 6.10 Å². The lowest BCUT2D eigenvalue weighted by molar-refractivity contribution is 0.154. The van der Waals surface area contributed by atoms with E-state index in [1.165, 1.54) is 0 Å². The molecule has 0 amide bonds. The number of nitrogens with zero attached hydrogens (tertiary/aromatic N) is 3. The molecule has 2 aromatic rings. The van der Waals surface area contributed by atoms with Crippen LogP contribution in [0.15, 0.2) is 18.5 Å². The Bertz CT molecular complexity index is 628. The minimum Gasteiger partial charge on any atom is -0.388 e. The van der Waals surface area contributed by atoms with E-state index in [4.69, 9.17) is 11.6 Å². The molecule has 0 aliphatic heterocycles. The quantitative estimate of drug-likeness (QED) is 0.888. The van der Waals surface area contributed by atoms with Gasteiger partial charge in [-0.15, -0.1) is 0 Å². The fourth-order valence-corrected chi connectivity index (χ4v) is 3.09. The zero-order valence-corrected chi connectivity index (χ0v) is 13.3. The van der Waals surface area contributed by atoms with E-state index in [1.54, 1.807) is 0 Å². The molecule has 3 rings (SSSR count). The van der Waals surface area contributed by atoms with Gasteiger partial charge in [-0.25, -0.2) is 0 Å². The normalized spacial score (nSPS) is 16.4. The highest BCUT2D eigenvalue weighted by molar-refractivity contribution is 6.31. The topological polar surface area (TPSA) is 43.0 Å². The number of hydrogen-bond donors (Lipinski definition) is 1. The Hall–Kier alpha value is -1.26. The number of halogens is 1. The first-order valence-electron chi connectivity index (χ1n) is 7.71. The maximum atomic E-state index is 10.2. The van der Waals surface area contributed by atoms with Gasteiger partial charge in [-0.3, -0.25) is 4.68 Å². The highest BCUT2D eigenvalue weighted by atomic mass is 35.5. The lowest BCUT2D eigenvalue weighted by atomic mass is 10.1.